The van der Waals surface area contributed by atoms with E-state index in [4.69, 9.17) is 9.94 Å². The average molecular weight is 246 g/mol. The lowest BCUT2D eigenvalue weighted by atomic mass is 10.4. The van der Waals surface area contributed by atoms with Crippen molar-refractivity contribution in [1.29, 1.82) is 0 Å². The van der Waals surface area contributed by atoms with Gasteiger partial charge in [0.15, 0.2) is 12.9 Å². The van der Waals surface area contributed by atoms with Crippen molar-refractivity contribution in [2.24, 2.45) is 12.2 Å². The first kappa shape index (κ1) is 14.7. The first-order valence-corrected chi connectivity index (χ1v) is 4.59. The van der Waals surface area contributed by atoms with Crippen LogP contribution in [0.25, 0.3) is 0 Å². The minimum absolute atomic E-state index is 0. The van der Waals surface area contributed by atoms with Crippen LogP contribution in [0, 0.1) is 0 Å². The molecular formula is C10H16ClN3O2. The van der Waals surface area contributed by atoms with Gasteiger partial charge in [-0.2, -0.15) is 0 Å². The molecule has 0 spiro atoms. The van der Waals surface area contributed by atoms with Crippen molar-refractivity contribution in [2.75, 3.05) is 6.61 Å². The van der Waals surface area contributed by atoms with E-state index in [0.29, 0.717) is 13.3 Å². The molecule has 0 aliphatic rings. The Morgan fingerprint density at radius 2 is 2.44 bits per heavy atom. The number of rotatable bonds is 5. The van der Waals surface area contributed by atoms with Gasteiger partial charge in [-0.15, -0.1) is 0 Å². The average Bonchev–Trinajstić information content (AvgIpc) is 2.50. The van der Waals surface area contributed by atoms with Gasteiger partial charge in [0.2, 0.25) is 0 Å². The van der Waals surface area contributed by atoms with Crippen LogP contribution >= 0.6 is 0 Å². The highest BCUT2D eigenvalue weighted by molar-refractivity contribution is 5.72. The van der Waals surface area contributed by atoms with Crippen molar-refractivity contribution in [3.05, 3.63) is 30.4 Å². The molecule has 0 amide bonds. The summed E-state index contributed by atoms with van der Waals surface area (Å²) in [5.74, 6) is 0.763. The van der Waals surface area contributed by atoms with Gasteiger partial charge in [0.1, 0.15) is 12.4 Å². The van der Waals surface area contributed by atoms with Gasteiger partial charge in [0, 0.05) is 0 Å². The molecule has 1 aromatic heterocycles. The summed E-state index contributed by atoms with van der Waals surface area (Å²) in [5, 5.41) is 11.5. The van der Waals surface area contributed by atoms with Crippen LogP contribution in [0.1, 0.15) is 12.7 Å². The lowest BCUT2D eigenvalue weighted by molar-refractivity contribution is -0.672. The first-order valence-electron chi connectivity index (χ1n) is 4.59. The molecule has 0 aromatic carbocycles. The van der Waals surface area contributed by atoms with Crippen LogP contribution < -0.4 is 17.0 Å². The molecule has 90 valence electrons. The number of oxime groups is 1. The van der Waals surface area contributed by atoms with Crippen LogP contribution in [0.2, 0.25) is 0 Å². The molecule has 0 unspecified atom stereocenters. The maximum absolute atomic E-state index is 8.49. The van der Waals surface area contributed by atoms with E-state index in [1.807, 2.05) is 35.5 Å². The monoisotopic (exact) mass is 245 g/mol. The smallest absolute Gasteiger partial charge is 0.305 e. The lowest BCUT2D eigenvalue weighted by Gasteiger charge is -2.01. The first-order chi connectivity index (χ1) is 7.15. The number of halogens is 1. The molecule has 1 rings (SSSR count). The van der Waals surface area contributed by atoms with Gasteiger partial charge in [0.25, 0.3) is 0 Å². The Bertz CT molecular complexity index is 374. The van der Waals surface area contributed by atoms with Crippen molar-refractivity contribution in [1.82, 2.24) is 4.57 Å². The third-order valence-corrected chi connectivity index (χ3v) is 1.88. The van der Waals surface area contributed by atoms with E-state index < -0.39 is 0 Å². The fraction of sp³-hybridized carbons (Fsp3) is 0.400. The van der Waals surface area contributed by atoms with Gasteiger partial charge < -0.3 is 22.4 Å². The molecule has 0 atom stereocenters. The third kappa shape index (κ3) is 4.04. The fourth-order valence-electron chi connectivity index (χ4n) is 1.18. The largest absolute Gasteiger partial charge is 1.00 e. The highest BCUT2D eigenvalue weighted by Gasteiger charge is 2.11. The molecule has 0 radical (unpaired) electrons. The van der Waals surface area contributed by atoms with E-state index in [-0.39, 0.29) is 12.4 Å². The maximum atomic E-state index is 8.49. The molecule has 5 nitrogen and oxygen atoms in total. The molecule has 1 N–H and O–H groups in total. The van der Waals surface area contributed by atoms with Crippen LogP contribution in [0.4, 0.5) is 0 Å². The molecule has 0 fully saturated rings. The number of aryl methyl sites for hydroxylation is 1. The Kier molecular flexibility index (Phi) is 6.44. The Labute approximate surface area is 101 Å². The summed E-state index contributed by atoms with van der Waals surface area (Å²) in [4.78, 5) is 0. The van der Waals surface area contributed by atoms with E-state index in [9.17, 15) is 0 Å². The van der Waals surface area contributed by atoms with Gasteiger partial charge in [-0.05, 0) is 6.92 Å². The van der Waals surface area contributed by atoms with Gasteiger partial charge >= 0.3 is 5.82 Å². The summed E-state index contributed by atoms with van der Waals surface area (Å²) in [6.07, 6.45) is 5.08. The van der Waals surface area contributed by atoms with Crippen molar-refractivity contribution in [3.8, 4) is 0 Å². The molecule has 0 aliphatic carbocycles. The zero-order valence-corrected chi connectivity index (χ0v) is 10.2. The second-order valence-electron chi connectivity index (χ2n) is 3.42. The summed E-state index contributed by atoms with van der Waals surface area (Å²) in [7, 11) is 1.87. The highest BCUT2D eigenvalue weighted by Crippen LogP contribution is 1.95. The van der Waals surface area contributed by atoms with Crippen LogP contribution in [0.3, 0.4) is 0 Å². The van der Waals surface area contributed by atoms with Crippen LogP contribution in [-0.4, -0.2) is 22.6 Å². The third-order valence-electron chi connectivity index (χ3n) is 1.88. The second kappa shape index (κ2) is 7.03. The zero-order valence-electron chi connectivity index (χ0n) is 9.43. The summed E-state index contributed by atoms with van der Waals surface area (Å²) in [6, 6.07) is 0. The molecule has 0 bridgehead atoms. The Balaban J connectivity index is 0.00000225. The van der Waals surface area contributed by atoms with Crippen molar-refractivity contribution < 1.29 is 26.9 Å². The predicted octanol–water partition coefficient (Wildman–Crippen LogP) is -2.33. The van der Waals surface area contributed by atoms with Crippen molar-refractivity contribution in [2.45, 2.75) is 13.7 Å². The summed E-state index contributed by atoms with van der Waals surface area (Å²) >= 11 is 0. The Hall–Kier alpha value is -1.33. The van der Waals surface area contributed by atoms with E-state index in [1.165, 1.54) is 6.21 Å². The number of aromatic nitrogens is 2. The summed E-state index contributed by atoms with van der Waals surface area (Å²) in [6.45, 7) is 6.59. The van der Waals surface area contributed by atoms with Crippen LogP contribution in [0.15, 0.2) is 29.7 Å². The summed E-state index contributed by atoms with van der Waals surface area (Å²) in [5.41, 5.74) is 0.976. The highest BCUT2D eigenvalue weighted by atomic mass is 35.5. The van der Waals surface area contributed by atoms with E-state index >= 15 is 0 Å². The van der Waals surface area contributed by atoms with Crippen molar-refractivity contribution >= 4 is 6.21 Å². The van der Waals surface area contributed by atoms with E-state index in [0.717, 1.165) is 11.4 Å². The molecule has 1 heterocycles. The maximum Gasteiger partial charge on any atom is 0.305 e. The minimum Gasteiger partial charge on any atom is -1.00 e. The summed E-state index contributed by atoms with van der Waals surface area (Å²) < 4.78 is 9.06. The molecule has 0 aliphatic heterocycles. The number of hydrogen-bond donors (Lipinski definition) is 1. The molecule has 0 saturated heterocycles. The SMILES string of the molecule is C=C(C)COCn1cc[n+](C)c1/C=N/O.[Cl-]. The van der Waals surface area contributed by atoms with Gasteiger partial charge in [0.05, 0.1) is 13.7 Å². The number of hydrogen-bond acceptors (Lipinski definition) is 3. The molecule has 16 heavy (non-hydrogen) atoms. The fourth-order valence-corrected chi connectivity index (χ4v) is 1.18. The minimum atomic E-state index is 0. The lowest BCUT2D eigenvalue weighted by Crippen LogP contribution is -3.00. The van der Waals surface area contributed by atoms with E-state index in [1.54, 1.807) is 0 Å². The Morgan fingerprint density at radius 3 is 3.00 bits per heavy atom. The molecule has 1 aromatic rings. The van der Waals surface area contributed by atoms with Crippen LogP contribution in [-0.2, 0) is 18.5 Å². The van der Waals surface area contributed by atoms with Gasteiger partial charge in [-0.25, -0.2) is 9.13 Å². The number of ether oxygens (including phenoxy) is 1. The van der Waals surface area contributed by atoms with Gasteiger partial charge in [-0.3, -0.25) is 0 Å². The molecule has 0 saturated carbocycles. The topological polar surface area (TPSA) is 50.6 Å². The van der Waals surface area contributed by atoms with Gasteiger partial charge in [-0.1, -0.05) is 17.3 Å². The predicted molar refractivity (Wildman–Crippen MR) is 55.8 cm³/mol. The number of nitrogens with zero attached hydrogens (tertiary/aromatic N) is 3. The normalized spacial score (nSPS) is 10.4. The van der Waals surface area contributed by atoms with E-state index in [2.05, 4.69) is 11.7 Å². The van der Waals surface area contributed by atoms with Crippen LogP contribution in [0.5, 0.6) is 0 Å². The quantitative estimate of drug-likeness (QED) is 0.208. The molecule has 6 heteroatoms. The second-order valence-corrected chi connectivity index (χ2v) is 3.42. The molecular weight excluding hydrogens is 230 g/mol. The standard InChI is InChI=1S/C10H15N3O2.ClH/c1-9(2)7-15-8-13-5-4-12(3)10(13)6-11-14;/h4-6H,1,7-8H2,2-3H3;1H. The van der Waals surface area contributed by atoms with Crippen molar-refractivity contribution in [3.63, 3.8) is 0 Å². The Morgan fingerprint density at radius 1 is 1.75 bits per heavy atom. The number of imidazole rings is 1. The zero-order chi connectivity index (χ0) is 11.3.